The first kappa shape index (κ1) is 13.3. The summed E-state index contributed by atoms with van der Waals surface area (Å²) in [6.07, 6.45) is 0.472. The predicted octanol–water partition coefficient (Wildman–Crippen LogP) is 2.93. The molecule has 0 bridgehead atoms. The van der Waals surface area contributed by atoms with Crippen molar-refractivity contribution in [2.75, 3.05) is 11.5 Å². The van der Waals surface area contributed by atoms with Gasteiger partial charge in [-0.05, 0) is 17.7 Å². The zero-order chi connectivity index (χ0) is 13.2. The van der Waals surface area contributed by atoms with Crippen molar-refractivity contribution >= 4 is 17.7 Å². The van der Waals surface area contributed by atoms with Gasteiger partial charge in [-0.2, -0.15) is 11.8 Å². The van der Waals surface area contributed by atoms with Crippen molar-refractivity contribution in [2.24, 2.45) is 0 Å². The predicted molar refractivity (Wildman–Crippen MR) is 73.5 cm³/mol. The van der Waals surface area contributed by atoms with Crippen molar-refractivity contribution in [1.29, 1.82) is 0 Å². The lowest BCUT2D eigenvalue weighted by molar-refractivity contribution is -0.138. The monoisotopic (exact) mass is 266 g/mol. The van der Waals surface area contributed by atoms with E-state index in [2.05, 4.69) is 0 Å². The smallest absolute Gasteiger partial charge is 0.304 e. The summed E-state index contributed by atoms with van der Waals surface area (Å²) in [4.78, 5) is 10.8. The number of hydrogen-bond acceptors (Lipinski definition) is 3. The maximum absolute atomic E-state index is 10.8. The maximum atomic E-state index is 10.8. The molecule has 98 valence electrons. The lowest BCUT2D eigenvalue weighted by Crippen LogP contribution is -2.31. The molecule has 0 atom stereocenters. The summed E-state index contributed by atoms with van der Waals surface area (Å²) in [5.41, 5.74) is 0.677. The highest BCUT2D eigenvalue weighted by Gasteiger charge is 2.24. The van der Waals surface area contributed by atoms with E-state index < -0.39 is 5.97 Å². The average molecular weight is 266 g/mol. The molecule has 1 saturated heterocycles. The van der Waals surface area contributed by atoms with Crippen LogP contribution in [0.4, 0.5) is 0 Å². The zero-order valence-electron chi connectivity index (χ0n) is 10.7. The summed E-state index contributed by atoms with van der Waals surface area (Å²) in [6, 6.07) is 7.79. The Kier molecular flexibility index (Phi) is 3.85. The van der Waals surface area contributed by atoms with E-state index in [1.54, 1.807) is 0 Å². The van der Waals surface area contributed by atoms with Crippen LogP contribution in [0.3, 0.4) is 0 Å². The van der Waals surface area contributed by atoms with Crippen molar-refractivity contribution in [3.05, 3.63) is 29.8 Å². The van der Waals surface area contributed by atoms with Gasteiger partial charge in [0, 0.05) is 16.9 Å². The average Bonchev–Trinajstić information content (AvgIpc) is 2.22. The number of carbonyl (C=O) groups is 1. The molecule has 1 aromatic carbocycles. The second-order valence-electron chi connectivity index (χ2n) is 5.26. The SMILES string of the molecule is CC(C)(CC(=O)O)c1ccc(OC2CSC2)cc1. The van der Waals surface area contributed by atoms with Crippen molar-refractivity contribution in [2.45, 2.75) is 31.8 Å². The third-order valence-corrected chi connectivity index (χ3v) is 4.35. The number of aliphatic carboxylic acids is 1. The van der Waals surface area contributed by atoms with Crippen molar-refractivity contribution in [3.63, 3.8) is 0 Å². The molecule has 0 unspecified atom stereocenters. The number of hydrogen-bond donors (Lipinski definition) is 1. The molecule has 3 nitrogen and oxygen atoms in total. The number of carboxylic acid groups (broad SMARTS) is 1. The molecule has 4 heteroatoms. The number of carboxylic acids is 1. The molecular weight excluding hydrogens is 248 g/mol. The van der Waals surface area contributed by atoms with Gasteiger partial charge in [-0.25, -0.2) is 0 Å². The first-order chi connectivity index (χ1) is 8.47. The van der Waals surface area contributed by atoms with Crippen LogP contribution in [0.5, 0.6) is 5.75 Å². The Hall–Kier alpha value is -1.16. The lowest BCUT2D eigenvalue weighted by Gasteiger charge is -2.27. The second kappa shape index (κ2) is 5.22. The zero-order valence-corrected chi connectivity index (χ0v) is 11.5. The molecule has 1 heterocycles. The molecule has 18 heavy (non-hydrogen) atoms. The fraction of sp³-hybridized carbons (Fsp3) is 0.500. The number of thioether (sulfide) groups is 1. The molecule has 0 aliphatic carbocycles. The van der Waals surface area contributed by atoms with Crippen LogP contribution >= 0.6 is 11.8 Å². The van der Waals surface area contributed by atoms with Gasteiger partial charge in [0.2, 0.25) is 0 Å². The first-order valence-corrected chi connectivity index (χ1v) is 7.19. The van der Waals surface area contributed by atoms with E-state index in [4.69, 9.17) is 9.84 Å². The number of rotatable bonds is 5. The minimum absolute atomic E-state index is 0.131. The van der Waals surface area contributed by atoms with Crippen LogP contribution in [0.2, 0.25) is 0 Å². The Morgan fingerprint density at radius 2 is 2.00 bits per heavy atom. The van der Waals surface area contributed by atoms with E-state index in [9.17, 15) is 4.79 Å². The van der Waals surface area contributed by atoms with Gasteiger partial charge in [-0.3, -0.25) is 4.79 Å². The minimum Gasteiger partial charge on any atom is -0.489 e. The van der Waals surface area contributed by atoms with Crippen molar-refractivity contribution in [3.8, 4) is 5.75 Å². The maximum Gasteiger partial charge on any atom is 0.304 e. The summed E-state index contributed by atoms with van der Waals surface area (Å²) >= 11 is 1.89. The minimum atomic E-state index is -0.771. The Morgan fingerprint density at radius 1 is 1.39 bits per heavy atom. The van der Waals surface area contributed by atoms with E-state index in [-0.39, 0.29) is 11.8 Å². The molecule has 1 aliphatic heterocycles. The highest BCUT2D eigenvalue weighted by molar-refractivity contribution is 8.00. The Bertz CT molecular complexity index is 421. The van der Waals surface area contributed by atoms with Gasteiger partial charge in [0.1, 0.15) is 11.9 Å². The van der Waals surface area contributed by atoms with Gasteiger partial charge in [0.15, 0.2) is 0 Å². The van der Waals surface area contributed by atoms with E-state index in [1.165, 1.54) is 0 Å². The van der Waals surface area contributed by atoms with E-state index in [1.807, 2.05) is 49.9 Å². The van der Waals surface area contributed by atoms with Crippen LogP contribution < -0.4 is 4.74 Å². The van der Waals surface area contributed by atoms with Gasteiger partial charge in [-0.15, -0.1) is 0 Å². The Morgan fingerprint density at radius 3 is 2.44 bits per heavy atom. The standard InChI is InChI=1S/C14H18O3S/c1-14(2,7-13(15)16)10-3-5-11(6-4-10)17-12-8-18-9-12/h3-6,12H,7-9H2,1-2H3,(H,15,16). The third kappa shape index (κ3) is 3.19. The van der Waals surface area contributed by atoms with Crippen LogP contribution in [0.25, 0.3) is 0 Å². The van der Waals surface area contributed by atoms with Crippen molar-refractivity contribution in [1.82, 2.24) is 0 Å². The third-order valence-electron chi connectivity index (χ3n) is 3.14. The molecule has 0 aromatic heterocycles. The molecular formula is C14H18O3S. The van der Waals surface area contributed by atoms with E-state index in [0.29, 0.717) is 6.10 Å². The lowest BCUT2D eigenvalue weighted by atomic mass is 9.82. The summed E-state index contributed by atoms with van der Waals surface area (Å²) in [5.74, 6) is 2.22. The fourth-order valence-electron chi connectivity index (χ4n) is 1.94. The topological polar surface area (TPSA) is 46.5 Å². The largest absolute Gasteiger partial charge is 0.489 e. The highest BCUT2D eigenvalue weighted by atomic mass is 32.2. The van der Waals surface area contributed by atoms with Crippen LogP contribution in [0, 0.1) is 0 Å². The van der Waals surface area contributed by atoms with Gasteiger partial charge < -0.3 is 9.84 Å². The van der Waals surface area contributed by atoms with Gasteiger partial charge in [0.25, 0.3) is 0 Å². The first-order valence-electron chi connectivity index (χ1n) is 6.04. The summed E-state index contributed by atoms with van der Waals surface area (Å²) < 4.78 is 5.76. The van der Waals surface area contributed by atoms with Crippen LogP contribution in [0.1, 0.15) is 25.8 Å². The Balaban J connectivity index is 2.03. The van der Waals surface area contributed by atoms with Crippen LogP contribution in [-0.2, 0) is 10.2 Å². The molecule has 0 saturated carbocycles. The van der Waals surface area contributed by atoms with Crippen LogP contribution in [-0.4, -0.2) is 28.7 Å². The van der Waals surface area contributed by atoms with E-state index in [0.717, 1.165) is 22.8 Å². The number of ether oxygens (including phenoxy) is 1. The number of benzene rings is 1. The molecule has 1 aliphatic rings. The van der Waals surface area contributed by atoms with Gasteiger partial charge in [0.05, 0.1) is 6.42 Å². The summed E-state index contributed by atoms with van der Waals surface area (Å²) in [6.45, 7) is 3.89. The quantitative estimate of drug-likeness (QED) is 0.890. The molecule has 0 spiro atoms. The molecule has 1 aromatic rings. The normalized spacial score (nSPS) is 16.1. The second-order valence-corrected chi connectivity index (χ2v) is 6.33. The summed E-state index contributed by atoms with van der Waals surface area (Å²) in [7, 11) is 0. The van der Waals surface area contributed by atoms with Gasteiger partial charge >= 0.3 is 5.97 Å². The molecule has 0 amide bonds. The van der Waals surface area contributed by atoms with Crippen LogP contribution in [0.15, 0.2) is 24.3 Å². The van der Waals surface area contributed by atoms with Crippen molar-refractivity contribution < 1.29 is 14.6 Å². The van der Waals surface area contributed by atoms with E-state index >= 15 is 0 Å². The fourth-order valence-corrected chi connectivity index (χ4v) is 2.50. The van der Waals surface area contributed by atoms with Gasteiger partial charge in [-0.1, -0.05) is 26.0 Å². The molecule has 0 radical (unpaired) electrons. The molecule has 1 fully saturated rings. The highest BCUT2D eigenvalue weighted by Crippen LogP contribution is 2.30. The summed E-state index contributed by atoms with van der Waals surface area (Å²) in [5, 5.41) is 8.90. The Labute approximate surface area is 112 Å². The molecule has 2 rings (SSSR count). The molecule has 1 N–H and O–H groups in total.